The molecule has 0 aliphatic rings. The third-order valence-corrected chi connectivity index (χ3v) is 4.69. The van der Waals surface area contributed by atoms with E-state index in [1.807, 2.05) is 37.3 Å². The summed E-state index contributed by atoms with van der Waals surface area (Å²) in [6, 6.07) is 16.6. The minimum absolute atomic E-state index is 0.186. The van der Waals surface area contributed by atoms with Crippen molar-refractivity contribution in [2.24, 2.45) is 0 Å². The van der Waals surface area contributed by atoms with E-state index >= 15 is 0 Å². The lowest BCUT2D eigenvalue weighted by Crippen LogP contribution is -2.23. The van der Waals surface area contributed by atoms with Gasteiger partial charge in [-0.05, 0) is 36.8 Å². The standard InChI is InChI=1S/C19H21NO3S/c1-17-10-12-19(13-11-17)24(21,22)20-14-6-3-7-15-23-16-18-8-4-2-5-9-18/h2,4-13,20H,14-16H2,1H3. The second-order valence-electron chi connectivity index (χ2n) is 5.24. The fraction of sp³-hybridized carbons (Fsp3) is 0.211. The summed E-state index contributed by atoms with van der Waals surface area (Å²) in [7, 11) is -3.48. The molecule has 0 radical (unpaired) electrons. The first kappa shape index (κ1) is 18.2. The highest BCUT2D eigenvalue weighted by Crippen LogP contribution is 2.09. The first-order chi connectivity index (χ1) is 11.6. The average molecular weight is 343 g/mol. The maximum Gasteiger partial charge on any atom is 0.240 e. The Balaban J connectivity index is 1.72. The SMILES string of the molecule is Cc1ccc(S(=O)(=O)NCC=C=CCOCc2ccccc2)cc1. The van der Waals surface area contributed by atoms with E-state index in [2.05, 4.69) is 10.5 Å². The number of rotatable bonds is 8. The zero-order valence-corrected chi connectivity index (χ0v) is 14.4. The lowest BCUT2D eigenvalue weighted by atomic mass is 10.2. The molecule has 4 nitrogen and oxygen atoms in total. The summed E-state index contributed by atoms with van der Waals surface area (Å²) in [5.41, 5.74) is 5.04. The van der Waals surface area contributed by atoms with E-state index in [-0.39, 0.29) is 11.4 Å². The molecule has 0 aromatic heterocycles. The summed E-state index contributed by atoms with van der Waals surface area (Å²) in [6.07, 6.45) is 3.35. The molecule has 0 aliphatic heterocycles. The van der Waals surface area contributed by atoms with Crippen LogP contribution in [0.1, 0.15) is 11.1 Å². The quantitative estimate of drug-likeness (QED) is 0.591. The highest BCUT2D eigenvalue weighted by molar-refractivity contribution is 7.89. The van der Waals surface area contributed by atoms with Gasteiger partial charge in [-0.15, -0.1) is 5.73 Å². The van der Waals surface area contributed by atoms with Crippen LogP contribution in [0.25, 0.3) is 0 Å². The van der Waals surface area contributed by atoms with E-state index in [0.29, 0.717) is 13.2 Å². The van der Waals surface area contributed by atoms with Crippen molar-refractivity contribution in [1.29, 1.82) is 0 Å². The monoisotopic (exact) mass is 343 g/mol. The first-order valence-electron chi connectivity index (χ1n) is 7.65. The Hall–Kier alpha value is -2.17. The molecule has 0 aliphatic carbocycles. The van der Waals surface area contributed by atoms with Gasteiger partial charge in [-0.2, -0.15) is 0 Å². The summed E-state index contributed by atoms with van der Waals surface area (Å²) >= 11 is 0. The van der Waals surface area contributed by atoms with Crippen molar-refractivity contribution < 1.29 is 13.2 Å². The highest BCUT2D eigenvalue weighted by Gasteiger charge is 2.11. The normalized spacial score (nSPS) is 10.9. The molecule has 0 saturated heterocycles. The minimum Gasteiger partial charge on any atom is -0.372 e. The molecule has 0 fully saturated rings. The van der Waals surface area contributed by atoms with Crippen LogP contribution >= 0.6 is 0 Å². The van der Waals surface area contributed by atoms with Crippen molar-refractivity contribution in [1.82, 2.24) is 4.72 Å². The van der Waals surface area contributed by atoms with E-state index < -0.39 is 10.0 Å². The van der Waals surface area contributed by atoms with E-state index in [1.54, 1.807) is 36.4 Å². The molecule has 126 valence electrons. The van der Waals surface area contributed by atoms with Crippen molar-refractivity contribution in [3.63, 3.8) is 0 Å². The van der Waals surface area contributed by atoms with Gasteiger partial charge < -0.3 is 4.74 Å². The van der Waals surface area contributed by atoms with Gasteiger partial charge in [-0.3, -0.25) is 0 Å². The molecule has 0 spiro atoms. The first-order valence-corrected chi connectivity index (χ1v) is 9.14. The van der Waals surface area contributed by atoms with Crippen LogP contribution in [0.15, 0.2) is 77.4 Å². The largest absolute Gasteiger partial charge is 0.372 e. The zero-order valence-electron chi connectivity index (χ0n) is 13.6. The zero-order chi connectivity index (χ0) is 17.3. The molecular weight excluding hydrogens is 322 g/mol. The molecule has 2 rings (SSSR count). The van der Waals surface area contributed by atoms with Crippen molar-refractivity contribution in [3.05, 3.63) is 83.6 Å². The van der Waals surface area contributed by atoms with Crippen LogP contribution in [0, 0.1) is 6.92 Å². The Labute approximate surface area is 143 Å². The van der Waals surface area contributed by atoms with Crippen molar-refractivity contribution in [3.8, 4) is 0 Å². The van der Waals surface area contributed by atoms with E-state index in [4.69, 9.17) is 4.74 Å². The van der Waals surface area contributed by atoms with Crippen LogP contribution in [0.5, 0.6) is 0 Å². The Bertz CT molecular complexity index is 790. The lowest BCUT2D eigenvalue weighted by molar-refractivity contribution is 0.149. The fourth-order valence-electron chi connectivity index (χ4n) is 1.95. The van der Waals surface area contributed by atoms with Crippen molar-refractivity contribution >= 4 is 10.0 Å². The summed E-state index contributed by atoms with van der Waals surface area (Å²) in [4.78, 5) is 0.261. The molecule has 0 amide bonds. The topological polar surface area (TPSA) is 55.4 Å². The number of sulfonamides is 1. The fourth-order valence-corrected chi connectivity index (χ4v) is 2.92. The molecule has 5 heteroatoms. The van der Waals surface area contributed by atoms with Gasteiger partial charge in [-0.25, -0.2) is 13.1 Å². The van der Waals surface area contributed by atoms with Gasteiger partial charge in [0.1, 0.15) is 0 Å². The summed E-state index contributed by atoms with van der Waals surface area (Å²) in [6.45, 7) is 3.07. The predicted molar refractivity (Wildman–Crippen MR) is 95.1 cm³/mol. The van der Waals surface area contributed by atoms with E-state index in [9.17, 15) is 8.42 Å². The van der Waals surface area contributed by atoms with Crippen molar-refractivity contribution in [2.75, 3.05) is 13.2 Å². The third kappa shape index (κ3) is 6.14. The molecule has 0 bridgehead atoms. The molecular formula is C19H21NO3S. The Morgan fingerprint density at radius 1 is 1.04 bits per heavy atom. The van der Waals surface area contributed by atoms with Gasteiger partial charge in [0.2, 0.25) is 10.0 Å². The minimum atomic E-state index is -3.48. The summed E-state index contributed by atoms with van der Waals surface area (Å²) in [5, 5.41) is 0. The highest BCUT2D eigenvalue weighted by atomic mass is 32.2. The second-order valence-corrected chi connectivity index (χ2v) is 7.01. The number of benzene rings is 2. The van der Waals surface area contributed by atoms with Gasteiger partial charge in [0.15, 0.2) is 0 Å². The van der Waals surface area contributed by atoms with E-state index in [1.165, 1.54) is 0 Å². The van der Waals surface area contributed by atoms with Crippen LogP contribution in [-0.4, -0.2) is 21.6 Å². The Kier molecular flexibility index (Phi) is 6.97. The average Bonchev–Trinajstić information content (AvgIpc) is 2.58. The maximum atomic E-state index is 12.0. The molecule has 1 N–H and O–H groups in total. The van der Waals surface area contributed by atoms with Gasteiger partial charge in [0.05, 0.1) is 18.1 Å². The predicted octanol–water partition coefficient (Wildman–Crippen LogP) is 3.20. The lowest BCUT2D eigenvalue weighted by Gasteiger charge is -2.04. The smallest absolute Gasteiger partial charge is 0.240 e. The van der Waals surface area contributed by atoms with Gasteiger partial charge in [-0.1, -0.05) is 48.0 Å². The summed E-state index contributed by atoms with van der Waals surface area (Å²) in [5.74, 6) is 0. The number of aryl methyl sites for hydroxylation is 1. The van der Waals surface area contributed by atoms with Crippen LogP contribution in [0.3, 0.4) is 0 Å². The maximum absolute atomic E-state index is 12.0. The van der Waals surface area contributed by atoms with Crippen LogP contribution < -0.4 is 4.72 Å². The molecule has 0 heterocycles. The van der Waals surface area contributed by atoms with Crippen LogP contribution in [0.4, 0.5) is 0 Å². The molecule has 2 aromatic rings. The third-order valence-electron chi connectivity index (χ3n) is 3.26. The van der Waals surface area contributed by atoms with Gasteiger partial charge in [0, 0.05) is 6.54 Å². The molecule has 0 atom stereocenters. The van der Waals surface area contributed by atoms with Crippen LogP contribution in [0.2, 0.25) is 0 Å². The van der Waals surface area contributed by atoms with E-state index in [0.717, 1.165) is 11.1 Å². The number of hydrogen-bond donors (Lipinski definition) is 1. The Morgan fingerprint density at radius 2 is 1.75 bits per heavy atom. The second kappa shape index (κ2) is 9.21. The Morgan fingerprint density at radius 3 is 2.46 bits per heavy atom. The molecule has 2 aromatic carbocycles. The number of ether oxygens (including phenoxy) is 1. The van der Waals surface area contributed by atoms with Gasteiger partial charge in [0.25, 0.3) is 0 Å². The van der Waals surface area contributed by atoms with Crippen LogP contribution in [-0.2, 0) is 21.4 Å². The van der Waals surface area contributed by atoms with Crippen molar-refractivity contribution in [2.45, 2.75) is 18.4 Å². The number of hydrogen-bond acceptors (Lipinski definition) is 3. The number of nitrogens with one attached hydrogen (secondary N) is 1. The molecule has 0 unspecified atom stereocenters. The van der Waals surface area contributed by atoms with Gasteiger partial charge >= 0.3 is 0 Å². The molecule has 0 saturated carbocycles. The summed E-state index contributed by atoms with van der Waals surface area (Å²) < 4.78 is 32.1. The molecule has 24 heavy (non-hydrogen) atoms.